The Morgan fingerprint density at radius 1 is 1.36 bits per heavy atom. The van der Waals surface area contributed by atoms with Gasteiger partial charge in [-0.25, -0.2) is 0 Å². The molecule has 0 heterocycles. The van der Waals surface area contributed by atoms with Crippen LogP contribution in [-0.2, 0) is 4.79 Å². The van der Waals surface area contributed by atoms with Crippen LogP contribution in [0.5, 0.6) is 5.75 Å². The molecule has 0 aliphatic carbocycles. The highest BCUT2D eigenvalue weighted by atomic mass is 35.5. The van der Waals surface area contributed by atoms with Gasteiger partial charge in [-0.1, -0.05) is 23.7 Å². The summed E-state index contributed by atoms with van der Waals surface area (Å²) in [6.45, 7) is 3.18. The molecule has 0 unspecified atom stereocenters. The fourth-order valence-electron chi connectivity index (χ4n) is 0.843. The smallest absolute Gasteiger partial charge is 0.264 e. The van der Waals surface area contributed by atoms with E-state index in [2.05, 4.69) is 0 Å². The van der Waals surface area contributed by atoms with E-state index in [0.717, 1.165) is 0 Å². The standard InChI is InChI=1S/C10H10Cl2O2/c1-10(2,9(12)13)14-8-6-4-3-5-7(8)11/h3-6H,1-2H3. The lowest BCUT2D eigenvalue weighted by atomic mass is 10.1. The van der Waals surface area contributed by atoms with Crippen molar-refractivity contribution >= 4 is 28.4 Å². The van der Waals surface area contributed by atoms with Gasteiger partial charge in [-0.15, -0.1) is 0 Å². The van der Waals surface area contributed by atoms with Crippen LogP contribution < -0.4 is 4.74 Å². The van der Waals surface area contributed by atoms with Gasteiger partial charge in [0.2, 0.25) is 0 Å². The van der Waals surface area contributed by atoms with E-state index < -0.39 is 10.8 Å². The summed E-state index contributed by atoms with van der Waals surface area (Å²) in [5.74, 6) is 0.452. The second-order valence-electron chi connectivity index (χ2n) is 3.32. The van der Waals surface area contributed by atoms with E-state index in [9.17, 15) is 4.79 Å². The molecule has 1 aromatic carbocycles. The Bertz CT molecular complexity index is 348. The second kappa shape index (κ2) is 4.20. The third-order valence-electron chi connectivity index (χ3n) is 1.68. The van der Waals surface area contributed by atoms with Gasteiger partial charge in [0.1, 0.15) is 5.75 Å². The third-order valence-corrected chi connectivity index (χ3v) is 2.44. The predicted octanol–water partition coefficient (Wildman–Crippen LogP) is 3.26. The Hall–Kier alpha value is -0.730. The highest BCUT2D eigenvalue weighted by Gasteiger charge is 2.28. The van der Waals surface area contributed by atoms with E-state index in [4.69, 9.17) is 27.9 Å². The van der Waals surface area contributed by atoms with E-state index in [1.54, 1.807) is 38.1 Å². The first-order chi connectivity index (χ1) is 6.43. The van der Waals surface area contributed by atoms with E-state index >= 15 is 0 Å². The molecule has 0 fully saturated rings. The van der Waals surface area contributed by atoms with Crippen molar-refractivity contribution in [2.75, 3.05) is 0 Å². The third kappa shape index (κ3) is 2.63. The number of hydrogen-bond acceptors (Lipinski definition) is 2. The van der Waals surface area contributed by atoms with Crippen molar-refractivity contribution in [3.8, 4) is 5.75 Å². The fraction of sp³-hybridized carbons (Fsp3) is 0.300. The van der Waals surface area contributed by atoms with E-state index in [0.29, 0.717) is 10.8 Å². The minimum Gasteiger partial charge on any atom is -0.477 e. The van der Waals surface area contributed by atoms with Crippen LogP contribution in [-0.4, -0.2) is 10.8 Å². The SMILES string of the molecule is CC(C)(Oc1ccccc1Cl)C(=O)Cl. The average molecular weight is 233 g/mol. The van der Waals surface area contributed by atoms with Gasteiger partial charge >= 0.3 is 0 Å². The molecule has 0 saturated carbocycles. The van der Waals surface area contributed by atoms with E-state index in [-0.39, 0.29) is 0 Å². The Labute approximate surface area is 92.8 Å². The van der Waals surface area contributed by atoms with Crippen LogP contribution in [0.1, 0.15) is 13.8 Å². The van der Waals surface area contributed by atoms with Crippen LogP contribution in [0, 0.1) is 0 Å². The predicted molar refractivity (Wildman–Crippen MR) is 57.0 cm³/mol. The van der Waals surface area contributed by atoms with E-state index in [1.165, 1.54) is 0 Å². The summed E-state index contributed by atoms with van der Waals surface area (Å²) < 4.78 is 5.38. The minimum atomic E-state index is -1.06. The Morgan fingerprint density at radius 3 is 2.43 bits per heavy atom. The number of benzene rings is 1. The van der Waals surface area contributed by atoms with Crippen molar-refractivity contribution in [1.82, 2.24) is 0 Å². The molecule has 4 heteroatoms. The van der Waals surface area contributed by atoms with Gasteiger partial charge in [-0.2, -0.15) is 0 Å². The maximum Gasteiger partial charge on any atom is 0.264 e. The summed E-state index contributed by atoms with van der Waals surface area (Å²) in [4.78, 5) is 11.0. The van der Waals surface area contributed by atoms with Crippen molar-refractivity contribution in [3.05, 3.63) is 29.3 Å². The maximum absolute atomic E-state index is 11.0. The lowest BCUT2D eigenvalue weighted by Gasteiger charge is -2.22. The molecule has 14 heavy (non-hydrogen) atoms. The van der Waals surface area contributed by atoms with Crippen molar-refractivity contribution < 1.29 is 9.53 Å². The first-order valence-corrected chi connectivity index (χ1v) is 4.82. The summed E-state index contributed by atoms with van der Waals surface area (Å²) in [6.07, 6.45) is 0. The molecule has 0 atom stereocenters. The van der Waals surface area contributed by atoms with Crippen molar-refractivity contribution in [2.24, 2.45) is 0 Å². The first-order valence-electron chi connectivity index (χ1n) is 4.07. The summed E-state index contributed by atoms with van der Waals surface area (Å²) in [5.41, 5.74) is -1.06. The average Bonchev–Trinajstić information content (AvgIpc) is 2.08. The maximum atomic E-state index is 11.0. The highest BCUT2D eigenvalue weighted by Crippen LogP contribution is 2.27. The number of carbonyl (C=O) groups is 1. The molecule has 0 amide bonds. The molecule has 0 spiro atoms. The van der Waals surface area contributed by atoms with Crippen molar-refractivity contribution in [3.63, 3.8) is 0 Å². The summed E-state index contributed by atoms with van der Waals surface area (Å²) in [5, 5.41) is -0.101. The molecular weight excluding hydrogens is 223 g/mol. The number of ether oxygens (including phenoxy) is 1. The molecule has 0 aliphatic rings. The molecule has 0 saturated heterocycles. The van der Waals surface area contributed by atoms with Gasteiger partial charge in [0.15, 0.2) is 5.60 Å². The summed E-state index contributed by atoms with van der Waals surface area (Å²) in [6, 6.07) is 6.93. The molecule has 0 radical (unpaired) electrons. The molecule has 76 valence electrons. The van der Waals surface area contributed by atoms with Crippen LogP contribution in [0.2, 0.25) is 5.02 Å². The molecule has 0 aromatic heterocycles. The number of hydrogen-bond donors (Lipinski definition) is 0. The molecule has 0 bridgehead atoms. The molecule has 1 rings (SSSR count). The molecule has 0 N–H and O–H groups in total. The molecule has 2 nitrogen and oxygen atoms in total. The van der Waals surface area contributed by atoms with Crippen LogP contribution in [0.25, 0.3) is 0 Å². The van der Waals surface area contributed by atoms with E-state index in [1.807, 2.05) is 0 Å². The van der Waals surface area contributed by atoms with Crippen LogP contribution >= 0.6 is 23.2 Å². The Morgan fingerprint density at radius 2 is 1.93 bits per heavy atom. The number of halogens is 2. The largest absolute Gasteiger partial charge is 0.477 e. The zero-order valence-electron chi connectivity index (χ0n) is 7.88. The quantitative estimate of drug-likeness (QED) is 0.749. The normalized spacial score (nSPS) is 11.1. The number of para-hydroxylation sites is 1. The lowest BCUT2D eigenvalue weighted by Crippen LogP contribution is -2.34. The zero-order chi connectivity index (χ0) is 10.8. The Kier molecular flexibility index (Phi) is 3.40. The van der Waals surface area contributed by atoms with Crippen molar-refractivity contribution in [1.29, 1.82) is 0 Å². The zero-order valence-corrected chi connectivity index (χ0v) is 9.39. The Balaban J connectivity index is 2.89. The summed E-state index contributed by atoms with van der Waals surface area (Å²) >= 11 is 11.2. The van der Waals surface area contributed by atoms with Crippen molar-refractivity contribution in [2.45, 2.75) is 19.4 Å². The fourth-order valence-corrected chi connectivity index (χ4v) is 1.06. The van der Waals surface area contributed by atoms with Gasteiger partial charge in [0.25, 0.3) is 5.24 Å². The van der Waals surface area contributed by atoms with Gasteiger partial charge in [0.05, 0.1) is 5.02 Å². The van der Waals surface area contributed by atoms with Crippen LogP contribution in [0.15, 0.2) is 24.3 Å². The first kappa shape index (κ1) is 11.3. The topological polar surface area (TPSA) is 26.3 Å². The van der Waals surface area contributed by atoms with Gasteiger partial charge < -0.3 is 4.74 Å². The van der Waals surface area contributed by atoms with Gasteiger partial charge in [-0.05, 0) is 37.6 Å². The lowest BCUT2D eigenvalue weighted by molar-refractivity contribution is -0.123. The molecular formula is C10H10Cl2O2. The van der Waals surface area contributed by atoms with Crippen LogP contribution in [0.4, 0.5) is 0 Å². The number of carbonyl (C=O) groups excluding carboxylic acids is 1. The second-order valence-corrected chi connectivity index (χ2v) is 4.07. The van der Waals surface area contributed by atoms with Crippen LogP contribution in [0.3, 0.4) is 0 Å². The highest BCUT2D eigenvalue weighted by molar-refractivity contribution is 6.65. The molecule has 1 aromatic rings. The molecule has 0 aliphatic heterocycles. The van der Waals surface area contributed by atoms with Gasteiger partial charge in [0, 0.05) is 0 Å². The number of rotatable bonds is 3. The monoisotopic (exact) mass is 232 g/mol. The summed E-state index contributed by atoms with van der Waals surface area (Å²) in [7, 11) is 0. The van der Waals surface area contributed by atoms with Gasteiger partial charge in [-0.3, -0.25) is 4.79 Å². The minimum absolute atomic E-state index is 0.452.